The van der Waals surface area contributed by atoms with Crippen molar-refractivity contribution in [3.05, 3.63) is 0 Å². The molecule has 5 fully saturated rings. The van der Waals surface area contributed by atoms with Crippen LogP contribution in [0, 0.1) is 40.4 Å². The third-order valence-corrected chi connectivity index (χ3v) is 10.1. The van der Waals surface area contributed by atoms with E-state index in [9.17, 15) is 10.2 Å². The second-order valence-corrected chi connectivity index (χ2v) is 11.1. The predicted molar refractivity (Wildman–Crippen MR) is 103 cm³/mol. The van der Waals surface area contributed by atoms with Crippen LogP contribution in [0.25, 0.3) is 0 Å². The number of hydrogen-bond acceptors (Lipinski definition) is 4. The van der Waals surface area contributed by atoms with Crippen molar-refractivity contribution < 1.29 is 19.7 Å². The molecule has 4 saturated carbocycles. The van der Waals surface area contributed by atoms with E-state index in [4.69, 9.17) is 9.47 Å². The maximum Gasteiger partial charge on any atom is 0.168 e. The van der Waals surface area contributed by atoms with Crippen LogP contribution in [-0.4, -0.2) is 41.4 Å². The van der Waals surface area contributed by atoms with Crippen LogP contribution in [0.5, 0.6) is 0 Å². The number of rotatable bonds is 1. The predicted octanol–water partition coefficient (Wildman–Crippen LogP) is 3.74. The van der Waals surface area contributed by atoms with E-state index in [0.717, 1.165) is 45.3 Å². The average Bonchev–Trinajstić information content (AvgIpc) is 3.19. The molecular formula is C23H38O4. The monoisotopic (exact) mass is 378 g/mol. The minimum absolute atomic E-state index is 0.103. The number of ether oxygens (including phenoxy) is 2. The van der Waals surface area contributed by atoms with Crippen molar-refractivity contribution in [2.24, 2.45) is 40.4 Å². The molecule has 1 aliphatic heterocycles. The summed E-state index contributed by atoms with van der Waals surface area (Å²) < 4.78 is 12.1. The Morgan fingerprint density at radius 1 is 0.926 bits per heavy atom. The molecule has 0 aromatic rings. The van der Waals surface area contributed by atoms with Gasteiger partial charge in [0.15, 0.2) is 5.79 Å². The number of aliphatic hydroxyl groups excluding tert-OH is 2. The molecule has 5 aliphatic rings. The summed E-state index contributed by atoms with van der Waals surface area (Å²) in [5.74, 6) is 2.30. The molecule has 154 valence electrons. The van der Waals surface area contributed by atoms with Crippen LogP contribution in [0.4, 0.5) is 0 Å². The van der Waals surface area contributed by atoms with Gasteiger partial charge in [-0.2, -0.15) is 0 Å². The van der Waals surface area contributed by atoms with Crippen molar-refractivity contribution in [1.82, 2.24) is 0 Å². The van der Waals surface area contributed by atoms with Crippen molar-refractivity contribution in [2.45, 2.75) is 90.1 Å². The fraction of sp³-hybridized carbons (Fsp3) is 1.00. The van der Waals surface area contributed by atoms with Gasteiger partial charge in [-0.25, -0.2) is 0 Å². The standard InChI is InChI=1S/C23H38O4/c1-14(24)17-6-7-18-16-5-4-15-12-23(26-10-11-27-23)9-8-21(15,2)20(16)19(25)13-22(17,18)3/h14-20,24-25H,4-13H2,1-3H3. The Morgan fingerprint density at radius 2 is 1.67 bits per heavy atom. The summed E-state index contributed by atoms with van der Waals surface area (Å²) in [6.45, 7) is 8.25. The van der Waals surface area contributed by atoms with Crippen molar-refractivity contribution in [1.29, 1.82) is 0 Å². The van der Waals surface area contributed by atoms with Crippen LogP contribution in [0.15, 0.2) is 0 Å². The topological polar surface area (TPSA) is 58.9 Å². The minimum Gasteiger partial charge on any atom is -0.393 e. The summed E-state index contributed by atoms with van der Waals surface area (Å²) >= 11 is 0. The largest absolute Gasteiger partial charge is 0.393 e. The molecule has 4 nitrogen and oxygen atoms in total. The Kier molecular flexibility index (Phi) is 4.30. The highest BCUT2D eigenvalue weighted by molar-refractivity contribution is 5.13. The SMILES string of the molecule is CC(O)C1CCC2C3CCC4CC5(CCC4(C)C3C(O)CC12C)OCCO5. The Labute approximate surface area is 164 Å². The lowest BCUT2D eigenvalue weighted by atomic mass is 9.43. The van der Waals surface area contributed by atoms with Crippen LogP contribution in [0.2, 0.25) is 0 Å². The normalized spacial score (nSPS) is 55.0. The van der Waals surface area contributed by atoms with E-state index >= 15 is 0 Å². The molecular weight excluding hydrogens is 340 g/mol. The first-order valence-corrected chi connectivity index (χ1v) is 11.4. The number of fused-ring (bicyclic) bond motifs is 5. The molecule has 0 bridgehead atoms. The third-order valence-electron chi connectivity index (χ3n) is 10.1. The number of hydrogen-bond donors (Lipinski definition) is 2. The van der Waals surface area contributed by atoms with Gasteiger partial charge < -0.3 is 19.7 Å². The maximum absolute atomic E-state index is 11.4. The van der Waals surface area contributed by atoms with E-state index in [1.54, 1.807) is 0 Å². The van der Waals surface area contributed by atoms with Crippen LogP contribution in [-0.2, 0) is 9.47 Å². The van der Waals surface area contributed by atoms with Gasteiger partial charge in [-0.3, -0.25) is 0 Å². The van der Waals surface area contributed by atoms with Gasteiger partial charge in [0.05, 0.1) is 25.4 Å². The molecule has 0 amide bonds. The molecule has 9 atom stereocenters. The summed E-state index contributed by atoms with van der Waals surface area (Å²) in [6, 6.07) is 0. The summed E-state index contributed by atoms with van der Waals surface area (Å²) in [6.07, 6.45) is 8.30. The zero-order valence-electron chi connectivity index (χ0n) is 17.3. The second kappa shape index (κ2) is 6.17. The van der Waals surface area contributed by atoms with Crippen LogP contribution >= 0.6 is 0 Å². The van der Waals surface area contributed by atoms with Gasteiger partial charge in [0, 0.05) is 12.8 Å². The first kappa shape index (κ1) is 18.8. The molecule has 2 N–H and O–H groups in total. The lowest BCUT2D eigenvalue weighted by molar-refractivity contribution is -0.243. The van der Waals surface area contributed by atoms with Crippen molar-refractivity contribution in [3.8, 4) is 0 Å². The Hall–Kier alpha value is -0.160. The van der Waals surface area contributed by atoms with E-state index in [-0.39, 0.29) is 28.8 Å². The highest BCUT2D eigenvalue weighted by atomic mass is 16.7. The lowest BCUT2D eigenvalue weighted by Crippen LogP contribution is -2.60. The van der Waals surface area contributed by atoms with Crippen LogP contribution in [0.3, 0.4) is 0 Å². The van der Waals surface area contributed by atoms with E-state index in [2.05, 4.69) is 13.8 Å². The summed E-state index contributed by atoms with van der Waals surface area (Å²) in [4.78, 5) is 0. The van der Waals surface area contributed by atoms with Gasteiger partial charge in [0.25, 0.3) is 0 Å². The minimum atomic E-state index is -0.323. The van der Waals surface area contributed by atoms with E-state index in [1.807, 2.05) is 6.92 Å². The molecule has 0 aromatic heterocycles. The van der Waals surface area contributed by atoms with Gasteiger partial charge in [0.2, 0.25) is 0 Å². The van der Waals surface area contributed by atoms with E-state index < -0.39 is 0 Å². The molecule has 0 radical (unpaired) electrons. The average molecular weight is 379 g/mol. The van der Waals surface area contributed by atoms with Crippen LogP contribution in [0.1, 0.15) is 72.1 Å². The zero-order valence-corrected chi connectivity index (χ0v) is 17.3. The second-order valence-electron chi connectivity index (χ2n) is 11.1. The smallest absolute Gasteiger partial charge is 0.168 e. The van der Waals surface area contributed by atoms with Crippen molar-refractivity contribution in [3.63, 3.8) is 0 Å². The molecule has 1 saturated heterocycles. The molecule has 9 unspecified atom stereocenters. The molecule has 4 aliphatic carbocycles. The Morgan fingerprint density at radius 3 is 2.37 bits per heavy atom. The highest BCUT2D eigenvalue weighted by Crippen LogP contribution is 2.68. The molecule has 0 aromatic carbocycles. The van der Waals surface area contributed by atoms with Gasteiger partial charge in [-0.15, -0.1) is 0 Å². The summed E-state index contributed by atoms with van der Waals surface area (Å²) in [5, 5.41) is 21.8. The van der Waals surface area contributed by atoms with Crippen LogP contribution < -0.4 is 0 Å². The molecule has 4 heteroatoms. The van der Waals surface area contributed by atoms with Gasteiger partial charge in [-0.1, -0.05) is 13.8 Å². The fourth-order valence-electron chi connectivity index (χ4n) is 8.91. The molecule has 1 spiro atoms. The maximum atomic E-state index is 11.4. The van der Waals surface area contributed by atoms with Gasteiger partial charge >= 0.3 is 0 Å². The Balaban J connectivity index is 1.43. The first-order chi connectivity index (χ1) is 12.8. The Bertz CT molecular complexity index is 585. The molecule has 27 heavy (non-hydrogen) atoms. The van der Waals surface area contributed by atoms with Gasteiger partial charge in [0.1, 0.15) is 0 Å². The number of aliphatic hydroxyl groups is 2. The summed E-state index contributed by atoms with van der Waals surface area (Å²) in [5.41, 5.74) is 0.304. The van der Waals surface area contributed by atoms with E-state index in [1.165, 1.54) is 19.3 Å². The first-order valence-electron chi connectivity index (χ1n) is 11.4. The molecule has 1 heterocycles. The third kappa shape index (κ3) is 2.55. The zero-order chi connectivity index (χ0) is 19.0. The van der Waals surface area contributed by atoms with Gasteiger partial charge in [-0.05, 0) is 85.9 Å². The van der Waals surface area contributed by atoms with Crippen molar-refractivity contribution >= 4 is 0 Å². The summed E-state index contributed by atoms with van der Waals surface area (Å²) in [7, 11) is 0. The quantitative estimate of drug-likeness (QED) is 0.730. The van der Waals surface area contributed by atoms with Crippen molar-refractivity contribution in [2.75, 3.05) is 13.2 Å². The van der Waals surface area contributed by atoms with E-state index in [0.29, 0.717) is 29.6 Å². The fourth-order valence-corrected chi connectivity index (χ4v) is 8.91. The lowest BCUT2D eigenvalue weighted by Gasteiger charge is -2.63. The highest BCUT2D eigenvalue weighted by Gasteiger charge is 2.64. The molecule has 5 rings (SSSR count).